The molecule has 0 aliphatic heterocycles. The lowest BCUT2D eigenvalue weighted by atomic mass is 9.98. The maximum Gasteiger partial charge on any atom is 0.162 e. The Bertz CT molecular complexity index is 344. The number of carbonyl (C=O) groups excluding carboxylic acids is 1. The number of ketones is 1. The molecule has 0 aliphatic rings. The minimum atomic E-state index is 0.205. The first-order chi connectivity index (χ1) is 7.63. The summed E-state index contributed by atoms with van der Waals surface area (Å²) >= 11 is 0. The molecule has 1 aromatic rings. The zero-order valence-electron chi connectivity index (χ0n) is 10.2. The van der Waals surface area contributed by atoms with E-state index in [4.69, 9.17) is 5.73 Å². The predicted octanol–water partition coefficient (Wildman–Crippen LogP) is 2.81. The van der Waals surface area contributed by atoms with Crippen molar-refractivity contribution >= 4 is 5.78 Å². The summed E-state index contributed by atoms with van der Waals surface area (Å²) in [5, 5.41) is 0. The maximum atomic E-state index is 11.8. The Morgan fingerprint density at radius 2 is 2.12 bits per heavy atom. The van der Waals surface area contributed by atoms with Gasteiger partial charge < -0.3 is 5.73 Å². The average Bonchev–Trinajstić information content (AvgIpc) is 2.25. The van der Waals surface area contributed by atoms with E-state index in [1.165, 1.54) is 5.56 Å². The first kappa shape index (κ1) is 12.9. The van der Waals surface area contributed by atoms with Gasteiger partial charge in [-0.15, -0.1) is 0 Å². The van der Waals surface area contributed by atoms with Gasteiger partial charge in [-0.25, -0.2) is 0 Å². The quantitative estimate of drug-likeness (QED) is 0.748. The lowest BCUT2D eigenvalue weighted by Crippen LogP contribution is -2.05. The van der Waals surface area contributed by atoms with E-state index < -0.39 is 0 Å². The van der Waals surface area contributed by atoms with E-state index in [9.17, 15) is 4.79 Å². The molecule has 0 fully saturated rings. The maximum absolute atomic E-state index is 11.8. The molecule has 2 heteroatoms. The molecule has 1 aromatic carbocycles. The van der Waals surface area contributed by atoms with Gasteiger partial charge in [0.2, 0.25) is 0 Å². The highest BCUT2D eigenvalue weighted by molar-refractivity contribution is 5.96. The zero-order valence-corrected chi connectivity index (χ0v) is 10.2. The average molecular weight is 219 g/mol. The van der Waals surface area contributed by atoms with Crippen LogP contribution < -0.4 is 5.73 Å². The fourth-order valence-corrected chi connectivity index (χ4v) is 1.75. The van der Waals surface area contributed by atoms with E-state index in [2.05, 4.69) is 19.9 Å². The highest BCUT2D eigenvalue weighted by atomic mass is 16.1. The summed E-state index contributed by atoms with van der Waals surface area (Å²) in [4.78, 5) is 11.8. The Labute approximate surface area is 97.9 Å². The third-order valence-electron chi connectivity index (χ3n) is 2.50. The third-order valence-corrected chi connectivity index (χ3v) is 2.50. The van der Waals surface area contributed by atoms with Crippen molar-refractivity contribution < 1.29 is 4.79 Å². The van der Waals surface area contributed by atoms with E-state index in [1.54, 1.807) is 0 Å². The van der Waals surface area contributed by atoms with Crippen LogP contribution in [0, 0.1) is 5.92 Å². The van der Waals surface area contributed by atoms with E-state index in [-0.39, 0.29) is 5.78 Å². The summed E-state index contributed by atoms with van der Waals surface area (Å²) in [6, 6.07) is 7.95. The molecule has 0 aromatic heterocycles. The molecule has 0 saturated heterocycles. The molecule has 0 atom stereocenters. The van der Waals surface area contributed by atoms with Crippen LogP contribution in [-0.4, -0.2) is 12.3 Å². The van der Waals surface area contributed by atoms with Gasteiger partial charge in [0.1, 0.15) is 0 Å². The molecule has 16 heavy (non-hydrogen) atoms. The monoisotopic (exact) mass is 219 g/mol. The Morgan fingerprint density at radius 1 is 1.38 bits per heavy atom. The molecule has 0 bridgehead atoms. The minimum Gasteiger partial charge on any atom is -0.330 e. The van der Waals surface area contributed by atoms with Crippen molar-refractivity contribution in [1.82, 2.24) is 0 Å². The molecule has 0 heterocycles. The normalized spacial score (nSPS) is 10.8. The molecular formula is C14H21NO. The zero-order chi connectivity index (χ0) is 12.0. The fraction of sp³-hybridized carbons (Fsp3) is 0.500. The van der Waals surface area contributed by atoms with Crippen molar-refractivity contribution in [3.05, 3.63) is 35.4 Å². The molecule has 0 radical (unpaired) electrons. The number of hydrogen-bond acceptors (Lipinski definition) is 2. The van der Waals surface area contributed by atoms with Crippen molar-refractivity contribution in [2.75, 3.05) is 6.54 Å². The van der Waals surface area contributed by atoms with Crippen molar-refractivity contribution in [1.29, 1.82) is 0 Å². The first-order valence-corrected chi connectivity index (χ1v) is 5.95. The van der Waals surface area contributed by atoms with Gasteiger partial charge in [0.05, 0.1) is 0 Å². The Hall–Kier alpha value is -1.15. The molecule has 0 unspecified atom stereocenters. The van der Waals surface area contributed by atoms with Crippen LogP contribution in [0.3, 0.4) is 0 Å². The van der Waals surface area contributed by atoms with Crippen molar-refractivity contribution in [3.63, 3.8) is 0 Å². The summed E-state index contributed by atoms with van der Waals surface area (Å²) in [5.74, 6) is 0.824. The second-order valence-corrected chi connectivity index (χ2v) is 4.61. The number of hydrogen-bond donors (Lipinski definition) is 1. The van der Waals surface area contributed by atoms with E-state index in [0.717, 1.165) is 18.4 Å². The molecule has 2 nitrogen and oxygen atoms in total. The van der Waals surface area contributed by atoms with E-state index >= 15 is 0 Å². The van der Waals surface area contributed by atoms with E-state index in [0.29, 0.717) is 18.9 Å². The summed E-state index contributed by atoms with van der Waals surface area (Å²) in [6.07, 6.45) is 2.35. The predicted molar refractivity (Wildman–Crippen MR) is 67.6 cm³/mol. The Balaban J connectivity index is 2.69. The highest BCUT2D eigenvalue weighted by Crippen LogP contribution is 2.12. The summed E-state index contributed by atoms with van der Waals surface area (Å²) < 4.78 is 0. The number of benzene rings is 1. The summed E-state index contributed by atoms with van der Waals surface area (Å²) in [7, 11) is 0. The van der Waals surface area contributed by atoms with Crippen LogP contribution in [0.25, 0.3) is 0 Å². The Morgan fingerprint density at radius 3 is 2.75 bits per heavy atom. The van der Waals surface area contributed by atoms with Gasteiger partial charge in [-0.3, -0.25) is 4.79 Å². The molecule has 0 saturated carbocycles. The number of nitrogens with two attached hydrogens (primary N) is 1. The minimum absolute atomic E-state index is 0.205. The van der Waals surface area contributed by atoms with Gasteiger partial charge in [0.25, 0.3) is 0 Å². The number of carbonyl (C=O) groups is 1. The molecule has 88 valence electrons. The number of Topliss-reactive ketones (excluding diaryl/α,β-unsaturated/α-hetero) is 1. The summed E-state index contributed by atoms with van der Waals surface area (Å²) in [6.45, 7) is 4.95. The number of rotatable bonds is 6. The SMILES string of the molecule is CC(C)Cc1cccc(C(=O)CCCN)c1. The summed E-state index contributed by atoms with van der Waals surface area (Å²) in [5.41, 5.74) is 7.47. The fourth-order valence-electron chi connectivity index (χ4n) is 1.75. The molecule has 1 rings (SSSR count). The molecule has 0 aliphatic carbocycles. The smallest absolute Gasteiger partial charge is 0.162 e. The van der Waals surface area contributed by atoms with Gasteiger partial charge in [-0.05, 0) is 36.9 Å². The second-order valence-electron chi connectivity index (χ2n) is 4.61. The van der Waals surface area contributed by atoms with Crippen molar-refractivity contribution in [2.45, 2.75) is 33.1 Å². The highest BCUT2D eigenvalue weighted by Gasteiger charge is 2.06. The van der Waals surface area contributed by atoms with Crippen LogP contribution in [0.5, 0.6) is 0 Å². The Kier molecular flexibility index (Phi) is 5.20. The molecule has 0 spiro atoms. The topological polar surface area (TPSA) is 43.1 Å². The van der Waals surface area contributed by atoms with Crippen molar-refractivity contribution in [3.8, 4) is 0 Å². The van der Waals surface area contributed by atoms with Gasteiger partial charge >= 0.3 is 0 Å². The van der Waals surface area contributed by atoms with Gasteiger partial charge in [-0.1, -0.05) is 32.0 Å². The standard InChI is InChI=1S/C14H21NO/c1-11(2)9-12-5-3-6-13(10-12)14(16)7-4-8-15/h3,5-6,10-11H,4,7-9,15H2,1-2H3. The second kappa shape index (κ2) is 6.44. The van der Waals surface area contributed by atoms with Crippen LogP contribution >= 0.6 is 0 Å². The van der Waals surface area contributed by atoms with Crippen LogP contribution in [0.1, 0.15) is 42.6 Å². The van der Waals surface area contributed by atoms with Crippen LogP contribution in [0.2, 0.25) is 0 Å². The molecule has 0 amide bonds. The van der Waals surface area contributed by atoms with Crippen LogP contribution in [0.4, 0.5) is 0 Å². The van der Waals surface area contributed by atoms with Gasteiger partial charge in [0, 0.05) is 12.0 Å². The molecular weight excluding hydrogens is 198 g/mol. The van der Waals surface area contributed by atoms with Crippen molar-refractivity contribution in [2.24, 2.45) is 11.7 Å². The lowest BCUT2D eigenvalue weighted by molar-refractivity contribution is 0.0980. The van der Waals surface area contributed by atoms with Gasteiger partial charge in [-0.2, -0.15) is 0 Å². The van der Waals surface area contributed by atoms with Crippen LogP contribution in [0.15, 0.2) is 24.3 Å². The third kappa shape index (κ3) is 4.15. The van der Waals surface area contributed by atoms with Gasteiger partial charge in [0.15, 0.2) is 5.78 Å². The van der Waals surface area contributed by atoms with E-state index in [1.807, 2.05) is 18.2 Å². The van der Waals surface area contributed by atoms with Crippen LogP contribution in [-0.2, 0) is 6.42 Å². The lowest BCUT2D eigenvalue weighted by Gasteiger charge is -2.06. The largest absolute Gasteiger partial charge is 0.330 e. The molecule has 2 N–H and O–H groups in total. The first-order valence-electron chi connectivity index (χ1n) is 5.95.